The van der Waals surface area contributed by atoms with Crippen LogP contribution in [0.1, 0.15) is 30.6 Å². The third-order valence-corrected chi connectivity index (χ3v) is 4.82. The van der Waals surface area contributed by atoms with Gasteiger partial charge in [-0.2, -0.15) is 0 Å². The van der Waals surface area contributed by atoms with Crippen molar-refractivity contribution in [3.63, 3.8) is 0 Å². The van der Waals surface area contributed by atoms with Gasteiger partial charge in [0, 0.05) is 6.42 Å². The number of hydrogen-bond donors (Lipinski definition) is 0. The first-order valence-electron chi connectivity index (χ1n) is 8.19. The molecule has 2 aliphatic heterocycles. The van der Waals surface area contributed by atoms with Gasteiger partial charge in [-0.25, -0.2) is 9.59 Å². The van der Waals surface area contributed by atoms with Crippen LogP contribution in [-0.2, 0) is 34.2 Å². The van der Waals surface area contributed by atoms with E-state index in [1.807, 2.05) is 0 Å². The first kappa shape index (κ1) is 18.9. The molecule has 2 bridgehead atoms. The Labute approximate surface area is 156 Å². The van der Waals surface area contributed by atoms with Crippen molar-refractivity contribution >= 4 is 17.7 Å². The third-order valence-electron chi connectivity index (χ3n) is 4.82. The summed E-state index contributed by atoms with van der Waals surface area (Å²) in [6.07, 6.45) is -1.02. The summed E-state index contributed by atoms with van der Waals surface area (Å²) in [7, 11) is 5.38. The Bertz CT molecular complexity index is 869. The van der Waals surface area contributed by atoms with Crippen LogP contribution in [0.25, 0.3) is 0 Å². The van der Waals surface area contributed by atoms with Gasteiger partial charge in [0.1, 0.15) is 17.5 Å². The summed E-state index contributed by atoms with van der Waals surface area (Å²) in [5.41, 5.74) is -0.250. The fourth-order valence-electron chi connectivity index (χ4n) is 3.82. The van der Waals surface area contributed by atoms with E-state index in [4.69, 9.17) is 23.7 Å². The summed E-state index contributed by atoms with van der Waals surface area (Å²) in [4.78, 5) is 37.1. The molecule has 0 radical (unpaired) electrons. The van der Waals surface area contributed by atoms with Crippen molar-refractivity contribution in [3.05, 3.63) is 34.4 Å². The quantitative estimate of drug-likeness (QED) is 0.691. The van der Waals surface area contributed by atoms with Crippen molar-refractivity contribution in [2.45, 2.75) is 25.0 Å². The fourth-order valence-corrected chi connectivity index (χ4v) is 3.82. The molecule has 0 saturated heterocycles. The number of rotatable bonds is 6. The van der Waals surface area contributed by atoms with Crippen LogP contribution >= 0.6 is 0 Å². The van der Waals surface area contributed by atoms with Gasteiger partial charge in [0.2, 0.25) is 0 Å². The first-order chi connectivity index (χ1) is 12.8. The maximum Gasteiger partial charge on any atom is 0.337 e. The van der Waals surface area contributed by atoms with Gasteiger partial charge in [0.05, 0.1) is 39.6 Å². The van der Waals surface area contributed by atoms with E-state index in [-0.39, 0.29) is 23.4 Å². The minimum atomic E-state index is -1.44. The minimum Gasteiger partial charge on any atom is -0.493 e. The number of esters is 2. The number of fused-ring (bicyclic) bond motifs is 5. The minimum absolute atomic E-state index is 0.0169. The van der Waals surface area contributed by atoms with Crippen LogP contribution in [0.2, 0.25) is 0 Å². The zero-order valence-electron chi connectivity index (χ0n) is 15.7. The molecule has 3 rings (SSSR count). The van der Waals surface area contributed by atoms with E-state index in [1.54, 1.807) is 12.1 Å². The van der Waals surface area contributed by atoms with Crippen molar-refractivity contribution in [3.8, 4) is 11.5 Å². The predicted octanol–water partition coefficient (Wildman–Crippen LogP) is 1.61. The predicted molar refractivity (Wildman–Crippen MR) is 91.4 cm³/mol. The highest BCUT2D eigenvalue weighted by molar-refractivity contribution is 6.06. The van der Waals surface area contributed by atoms with E-state index in [2.05, 4.69) is 0 Å². The lowest BCUT2D eigenvalue weighted by Gasteiger charge is -2.29. The monoisotopic (exact) mass is 376 g/mol. The number of Topliss-reactive ketones (excluding diaryl/α,β-unsaturated/α-hetero) is 1. The molecule has 144 valence electrons. The normalized spacial score (nSPS) is 22.3. The second-order valence-electron chi connectivity index (χ2n) is 6.27. The van der Waals surface area contributed by atoms with Crippen molar-refractivity contribution in [1.82, 2.24) is 0 Å². The smallest absolute Gasteiger partial charge is 0.337 e. The molecule has 2 aliphatic rings. The lowest BCUT2D eigenvalue weighted by atomic mass is 9.74. The second-order valence-corrected chi connectivity index (χ2v) is 6.27. The van der Waals surface area contributed by atoms with Gasteiger partial charge in [-0.1, -0.05) is 0 Å². The summed E-state index contributed by atoms with van der Waals surface area (Å²) in [5, 5.41) is 0. The van der Waals surface area contributed by atoms with Gasteiger partial charge in [-0.05, 0) is 30.2 Å². The van der Waals surface area contributed by atoms with Crippen LogP contribution in [0.5, 0.6) is 11.5 Å². The van der Waals surface area contributed by atoms with Gasteiger partial charge in [0.15, 0.2) is 11.5 Å². The average molecular weight is 376 g/mol. The molecule has 0 aliphatic carbocycles. The molecule has 0 aromatic heterocycles. The molecule has 0 saturated carbocycles. The molecule has 8 nitrogen and oxygen atoms in total. The molecule has 0 unspecified atom stereocenters. The Morgan fingerprint density at radius 3 is 2.11 bits per heavy atom. The molecule has 8 heteroatoms. The zero-order valence-corrected chi connectivity index (χ0v) is 15.7. The van der Waals surface area contributed by atoms with Crippen LogP contribution < -0.4 is 9.47 Å². The van der Waals surface area contributed by atoms with Gasteiger partial charge < -0.3 is 23.7 Å². The molecule has 1 aromatic rings. The summed E-state index contributed by atoms with van der Waals surface area (Å²) >= 11 is 0. The van der Waals surface area contributed by atoms with Gasteiger partial charge in [0.25, 0.3) is 0 Å². The van der Waals surface area contributed by atoms with Gasteiger partial charge in [-0.15, -0.1) is 0 Å². The van der Waals surface area contributed by atoms with Crippen LogP contribution in [0.15, 0.2) is 23.3 Å². The fraction of sp³-hybridized carbons (Fsp3) is 0.421. The van der Waals surface area contributed by atoms with Crippen LogP contribution in [0.4, 0.5) is 0 Å². The number of carbonyl (C=O) groups excluding carboxylic acids is 3. The lowest BCUT2D eigenvalue weighted by molar-refractivity contribution is -0.140. The van der Waals surface area contributed by atoms with Crippen molar-refractivity contribution in [2.24, 2.45) is 0 Å². The largest absolute Gasteiger partial charge is 0.493 e. The summed E-state index contributed by atoms with van der Waals surface area (Å²) in [6, 6.07) is 3.34. The van der Waals surface area contributed by atoms with Crippen LogP contribution in [-0.4, -0.2) is 46.2 Å². The first-order valence-corrected chi connectivity index (χ1v) is 8.19. The van der Waals surface area contributed by atoms with Crippen molar-refractivity contribution in [1.29, 1.82) is 0 Å². The van der Waals surface area contributed by atoms with E-state index in [9.17, 15) is 14.4 Å². The Morgan fingerprint density at radius 1 is 1.00 bits per heavy atom. The molecular formula is C19H20O8. The van der Waals surface area contributed by atoms with E-state index in [1.165, 1.54) is 35.4 Å². The Balaban J connectivity index is 2.34. The molecule has 0 N–H and O–H groups in total. The highest BCUT2D eigenvalue weighted by Gasteiger charge is 2.61. The SMILES string of the molecule is COC(=O)C1=C(C(=O)OC)[C@@]2(CC(C)=O)O[C@@H]1c1cc(OC)c(OC)cc12. The molecule has 1 aromatic carbocycles. The molecular weight excluding hydrogens is 356 g/mol. The molecule has 27 heavy (non-hydrogen) atoms. The van der Waals surface area contributed by atoms with E-state index < -0.39 is 23.6 Å². The Hall–Kier alpha value is -2.87. The zero-order chi connectivity index (χ0) is 19.9. The van der Waals surface area contributed by atoms with E-state index >= 15 is 0 Å². The molecule has 2 atom stereocenters. The Morgan fingerprint density at radius 2 is 1.59 bits per heavy atom. The number of ether oxygens (including phenoxy) is 5. The van der Waals surface area contributed by atoms with Gasteiger partial charge >= 0.3 is 11.9 Å². The van der Waals surface area contributed by atoms with Crippen LogP contribution in [0, 0.1) is 0 Å². The number of methoxy groups -OCH3 is 4. The highest BCUT2D eigenvalue weighted by atomic mass is 16.6. The summed E-state index contributed by atoms with van der Waals surface area (Å²) in [6.45, 7) is 1.39. The number of carbonyl (C=O) groups is 3. The Kier molecular flexibility index (Phi) is 4.69. The molecule has 0 amide bonds. The number of hydrogen-bond acceptors (Lipinski definition) is 8. The van der Waals surface area contributed by atoms with E-state index in [0.717, 1.165) is 0 Å². The molecule has 2 heterocycles. The second kappa shape index (κ2) is 6.70. The van der Waals surface area contributed by atoms with Gasteiger partial charge in [-0.3, -0.25) is 4.79 Å². The summed E-state index contributed by atoms with van der Waals surface area (Å²) in [5.74, 6) is -0.830. The topological polar surface area (TPSA) is 97.4 Å². The average Bonchev–Trinajstić information content (AvgIpc) is 3.15. The number of benzene rings is 1. The van der Waals surface area contributed by atoms with Crippen molar-refractivity contribution < 1.29 is 38.1 Å². The standard InChI is InChI=1S/C19H20O8/c1-9(20)8-19-11-7-13(24-3)12(23-2)6-10(11)16(27-19)14(17(21)25-4)15(19)18(22)26-5/h6-7,16H,8H2,1-5H3/t16-,19+/m1/s1. The maximum atomic E-state index is 12.6. The molecule has 0 fully saturated rings. The lowest BCUT2D eigenvalue weighted by Crippen LogP contribution is -2.34. The number of ketones is 1. The summed E-state index contributed by atoms with van der Waals surface area (Å²) < 4.78 is 26.5. The van der Waals surface area contributed by atoms with Crippen LogP contribution in [0.3, 0.4) is 0 Å². The molecule has 0 spiro atoms. The highest BCUT2D eigenvalue weighted by Crippen LogP contribution is 2.61. The maximum absolute atomic E-state index is 12.6. The van der Waals surface area contributed by atoms with Crippen molar-refractivity contribution in [2.75, 3.05) is 28.4 Å². The third kappa shape index (κ3) is 2.59. The van der Waals surface area contributed by atoms with E-state index in [0.29, 0.717) is 22.6 Å².